The Labute approximate surface area is 80.3 Å². The summed E-state index contributed by atoms with van der Waals surface area (Å²) in [7, 11) is 1.75. The predicted molar refractivity (Wildman–Crippen MR) is 52.3 cm³/mol. The summed E-state index contributed by atoms with van der Waals surface area (Å²) in [5.41, 5.74) is 1.28. The summed E-state index contributed by atoms with van der Waals surface area (Å²) in [5.74, 6) is 0.0347. The molecule has 0 saturated carbocycles. The second kappa shape index (κ2) is 4.26. The number of hydrogen-bond donors (Lipinski definition) is 0. The molecule has 0 aromatic heterocycles. The second-order valence-corrected chi connectivity index (χ2v) is 2.99. The number of halogens is 1. The van der Waals surface area contributed by atoms with E-state index in [0.717, 1.165) is 5.56 Å². The van der Waals surface area contributed by atoms with Gasteiger partial charge in [-0.2, -0.15) is 0 Å². The summed E-state index contributed by atoms with van der Waals surface area (Å²) in [6.07, 6.45) is 0. The third-order valence-corrected chi connectivity index (χ3v) is 2.30. The minimum Gasteiger partial charge on any atom is -0.332 e. The fourth-order valence-electron chi connectivity index (χ4n) is 0.855. The van der Waals surface area contributed by atoms with Crippen molar-refractivity contribution >= 4 is 21.8 Å². The number of benzene rings is 1. The molecule has 0 bridgehead atoms. The lowest BCUT2D eigenvalue weighted by molar-refractivity contribution is 0.0822. The van der Waals surface area contributed by atoms with Crippen LogP contribution in [0.15, 0.2) is 30.3 Å². The number of carbonyl (C=O) groups excluding carboxylic acids is 1. The molecule has 1 aromatic carbocycles. The minimum absolute atomic E-state index is 0.0347. The highest BCUT2D eigenvalue weighted by Crippen LogP contribution is 2.03. The van der Waals surface area contributed by atoms with Crippen molar-refractivity contribution in [2.45, 2.75) is 0 Å². The first-order valence-corrected chi connectivity index (χ1v) is 4.74. The summed E-state index contributed by atoms with van der Waals surface area (Å²) in [5, 5.41) is 0. The number of nitrogens with zero attached hydrogens (tertiary/aromatic N) is 1. The van der Waals surface area contributed by atoms with Crippen LogP contribution >= 0.6 is 15.9 Å². The first kappa shape index (κ1) is 9.26. The first-order chi connectivity index (χ1) is 5.75. The Morgan fingerprint density at radius 3 is 2.50 bits per heavy atom. The summed E-state index contributed by atoms with van der Waals surface area (Å²) >= 11 is 3.22. The van der Waals surface area contributed by atoms with E-state index in [1.54, 1.807) is 11.9 Å². The highest BCUT2D eigenvalue weighted by molar-refractivity contribution is 9.09. The van der Waals surface area contributed by atoms with Gasteiger partial charge in [0.1, 0.15) is 0 Å². The molecule has 2 nitrogen and oxygen atoms in total. The Balaban J connectivity index is 2.79. The Kier molecular flexibility index (Phi) is 3.29. The molecule has 64 valence electrons. The van der Waals surface area contributed by atoms with E-state index in [9.17, 15) is 4.79 Å². The van der Waals surface area contributed by atoms with Crippen LogP contribution in [-0.2, 0) is 0 Å². The van der Waals surface area contributed by atoms with Gasteiger partial charge in [0.05, 0.1) is 5.45 Å². The lowest BCUT2D eigenvalue weighted by Crippen LogP contribution is -2.24. The van der Waals surface area contributed by atoms with Crippen LogP contribution < -0.4 is 0 Å². The smallest absolute Gasteiger partial charge is 0.254 e. The molecule has 0 heterocycles. The predicted octanol–water partition coefficient (Wildman–Crippen LogP) is 2.11. The average molecular weight is 228 g/mol. The maximum absolute atomic E-state index is 11.5. The molecule has 0 atom stereocenters. The third kappa shape index (κ3) is 2.08. The third-order valence-electron chi connectivity index (χ3n) is 1.55. The molecule has 0 saturated heterocycles. The Morgan fingerprint density at radius 1 is 1.42 bits per heavy atom. The van der Waals surface area contributed by atoms with Crippen molar-refractivity contribution < 1.29 is 4.79 Å². The Bertz CT molecular complexity index is 260. The van der Waals surface area contributed by atoms with E-state index >= 15 is 0 Å². The zero-order valence-corrected chi connectivity index (χ0v) is 8.41. The lowest BCUT2D eigenvalue weighted by Gasteiger charge is -2.12. The van der Waals surface area contributed by atoms with Crippen molar-refractivity contribution in [2.75, 3.05) is 12.5 Å². The van der Waals surface area contributed by atoms with Crippen LogP contribution in [0.5, 0.6) is 0 Å². The fraction of sp³-hybridized carbons (Fsp3) is 0.222. The fourth-order valence-corrected chi connectivity index (χ4v) is 1.08. The minimum atomic E-state index is 0.0347. The highest BCUT2D eigenvalue weighted by Gasteiger charge is 2.08. The quantitative estimate of drug-likeness (QED) is 0.560. The number of alkyl halides is 1. The van der Waals surface area contributed by atoms with Gasteiger partial charge in [-0.1, -0.05) is 34.1 Å². The molecule has 1 rings (SSSR count). The molecular weight excluding hydrogens is 218 g/mol. The zero-order valence-electron chi connectivity index (χ0n) is 6.83. The van der Waals surface area contributed by atoms with Crippen molar-refractivity contribution in [3.05, 3.63) is 35.9 Å². The standard InChI is InChI=1S/C9H10BrNO/c1-11(7-10)9(12)8-5-3-2-4-6-8/h2-6H,7H2,1H3. The number of rotatable bonds is 2. The molecular formula is C9H10BrNO. The number of amides is 1. The Hall–Kier alpha value is -0.830. The van der Waals surface area contributed by atoms with Crippen molar-refractivity contribution in [3.63, 3.8) is 0 Å². The molecule has 0 aliphatic rings. The van der Waals surface area contributed by atoms with Gasteiger partial charge in [-0.25, -0.2) is 0 Å². The number of carbonyl (C=O) groups is 1. The molecule has 1 aromatic rings. The molecule has 1 amide bonds. The van der Waals surface area contributed by atoms with Crippen LogP contribution in [0.25, 0.3) is 0 Å². The van der Waals surface area contributed by atoms with Crippen LogP contribution in [0.2, 0.25) is 0 Å². The van der Waals surface area contributed by atoms with E-state index in [1.165, 1.54) is 0 Å². The van der Waals surface area contributed by atoms with Gasteiger partial charge in [-0.15, -0.1) is 0 Å². The molecule has 0 unspecified atom stereocenters. The van der Waals surface area contributed by atoms with Crippen molar-refractivity contribution in [1.29, 1.82) is 0 Å². The van der Waals surface area contributed by atoms with E-state index in [1.807, 2.05) is 30.3 Å². The molecule has 0 fully saturated rings. The van der Waals surface area contributed by atoms with Gasteiger partial charge in [0.25, 0.3) is 5.91 Å². The van der Waals surface area contributed by atoms with E-state index in [2.05, 4.69) is 15.9 Å². The van der Waals surface area contributed by atoms with Crippen molar-refractivity contribution in [2.24, 2.45) is 0 Å². The molecule has 0 aliphatic carbocycles. The summed E-state index contributed by atoms with van der Waals surface area (Å²) in [6.45, 7) is 0. The second-order valence-electron chi connectivity index (χ2n) is 2.49. The number of hydrogen-bond acceptors (Lipinski definition) is 1. The van der Waals surface area contributed by atoms with Gasteiger partial charge in [0, 0.05) is 12.6 Å². The maximum Gasteiger partial charge on any atom is 0.254 e. The van der Waals surface area contributed by atoms with Gasteiger partial charge < -0.3 is 4.90 Å². The van der Waals surface area contributed by atoms with Crippen LogP contribution in [0.1, 0.15) is 10.4 Å². The van der Waals surface area contributed by atoms with E-state index < -0.39 is 0 Å². The van der Waals surface area contributed by atoms with Gasteiger partial charge in [-0.3, -0.25) is 4.79 Å². The molecule has 0 aliphatic heterocycles. The molecule has 0 radical (unpaired) electrons. The molecule has 3 heteroatoms. The Morgan fingerprint density at radius 2 is 2.00 bits per heavy atom. The van der Waals surface area contributed by atoms with Crippen LogP contribution in [0.4, 0.5) is 0 Å². The SMILES string of the molecule is CN(CBr)C(=O)c1ccccc1. The maximum atomic E-state index is 11.5. The zero-order chi connectivity index (χ0) is 8.97. The monoisotopic (exact) mass is 227 g/mol. The van der Waals surface area contributed by atoms with Crippen LogP contribution in [0, 0.1) is 0 Å². The van der Waals surface area contributed by atoms with Crippen molar-refractivity contribution in [3.8, 4) is 0 Å². The van der Waals surface area contributed by atoms with E-state index in [0.29, 0.717) is 5.45 Å². The topological polar surface area (TPSA) is 20.3 Å². The summed E-state index contributed by atoms with van der Waals surface area (Å²) < 4.78 is 0. The first-order valence-electron chi connectivity index (χ1n) is 3.62. The van der Waals surface area contributed by atoms with Crippen LogP contribution in [0.3, 0.4) is 0 Å². The lowest BCUT2D eigenvalue weighted by atomic mass is 10.2. The van der Waals surface area contributed by atoms with Gasteiger partial charge in [0.15, 0.2) is 0 Å². The van der Waals surface area contributed by atoms with Gasteiger partial charge >= 0.3 is 0 Å². The largest absolute Gasteiger partial charge is 0.332 e. The van der Waals surface area contributed by atoms with Crippen LogP contribution in [-0.4, -0.2) is 23.3 Å². The molecule has 12 heavy (non-hydrogen) atoms. The summed E-state index contributed by atoms with van der Waals surface area (Å²) in [6, 6.07) is 9.22. The molecule has 0 spiro atoms. The highest BCUT2D eigenvalue weighted by atomic mass is 79.9. The molecule has 0 N–H and O–H groups in total. The summed E-state index contributed by atoms with van der Waals surface area (Å²) in [4.78, 5) is 13.1. The normalized spacial score (nSPS) is 9.50. The van der Waals surface area contributed by atoms with Gasteiger partial charge in [-0.05, 0) is 12.1 Å². The van der Waals surface area contributed by atoms with E-state index in [4.69, 9.17) is 0 Å². The average Bonchev–Trinajstić information content (AvgIpc) is 2.17. The van der Waals surface area contributed by atoms with E-state index in [-0.39, 0.29) is 5.91 Å². The van der Waals surface area contributed by atoms with Crippen molar-refractivity contribution in [1.82, 2.24) is 4.90 Å². The van der Waals surface area contributed by atoms with Gasteiger partial charge in [0.2, 0.25) is 0 Å².